The molecule has 0 aliphatic rings. The average Bonchev–Trinajstić information content (AvgIpc) is 2.84. The van der Waals surface area contributed by atoms with Gasteiger partial charge in [-0.3, -0.25) is 4.79 Å². The highest BCUT2D eigenvalue weighted by Gasteiger charge is 2.11. The molecule has 0 spiro atoms. The largest absolute Gasteiger partial charge is 0.493 e. The Morgan fingerprint density at radius 2 is 2.14 bits per heavy atom. The molecule has 0 atom stereocenters. The molecule has 0 N–H and O–H groups in total. The van der Waals surface area contributed by atoms with E-state index in [2.05, 4.69) is 15.9 Å². The number of carbonyl (C=O) groups is 1. The smallest absolute Gasteiger partial charge is 0.226 e. The van der Waals surface area contributed by atoms with Crippen molar-refractivity contribution in [3.05, 3.63) is 52.4 Å². The Morgan fingerprint density at radius 3 is 2.81 bits per heavy atom. The number of carbonyl (C=O) groups excluding carboxylic acids is 1. The number of furan rings is 1. The summed E-state index contributed by atoms with van der Waals surface area (Å²) in [5.41, 5.74) is 0. The predicted molar refractivity (Wildman–Crippen MR) is 84.2 cm³/mol. The van der Waals surface area contributed by atoms with Gasteiger partial charge >= 0.3 is 0 Å². The number of rotatable bonds is 6. The number of hydrogen-bond donors (Lipinski definition) is 0. The lowest BCUT2D eigenvalue weighted by Gasteiger charge is -2.16. The van der Waals surface area contributed by atoms with Gasteiger partial charge in [0.15, 0.2) is 0 Å². The van der Waals surface area contributed by atoms with Crippen LogP contribution in [-0.4, -0.2) is 24.5 Å². The molecule has 112 valence electrons. The van der Waals surface area contributed by atoms with Gasteiger partial charge in [-0.25, -0.2) is 0 Å². The molecule has 2 aromatic rings. The third-order valence-electron chi connectivity index (χ3n) is 3.00. The molecule has 4 nitrogen and oxygen atoms in total. The van der Waals surface area contributed by atoms with Gasteiger partial charge in [0.05, 0.1) is 19.6 Å². The van der Waals surface area contributed by atoms with Crippen LogP contribution in [0, 0.1) is 6.92 Å². The lowest BCUT2D eigenvalue weighted by molar-refractivity contribution is -0.131. The number of nitrogens with zero attached hydrogens (tertiary/aromatic N) is 1. The first-order valence-electron chi connectivity index (χ1n) is 6.72. The highest BCUT2D eigenvalue weighted by atomic mass is 79.9. The topological polar surface area (TPSA) is 42.7 Å². The molecular weight excluding hydrogens is 334 g/mol. The summed E-state index contributed by atoms with van der Waals surface area (Å²) in [7, 11) is 1.76. The second-order valence-corrected chi connectivity index (χ2v) is 5.73. The van der Waals surface area contributed by atoms with Gasteiger partial charge in [-0.1, -0.05) is 22.0 Å². The molecule has 1 aromatic carbocycles. The van der Waals surface area contributed by atoms with Crippen molar-refractivity contribution in [2.45, 2.75) is 19.9 Å². The minimum absolute atomic E-state index is 0.0269. The maximum atomic E-state index is 12.0. The molecule has 0 bridgehead atoms. The van der Waals surface area contributed by atoms with Crippen LogP contribution in [0.15, 0.2) is 45.3 Å². The number of amides is 1. The van der Waals surface area contributed by atoms with E-state index >= 15 is 0 Å². The van der Waals surface area contributed by atoms with Crippen LogP contribution in [0.3, 0.4) is 0 Å². The molecule has 2 rings (SSSR count). The average molecular weight is 352 g/mol. The van der Waals surface area contributed by atoms with Gasteiger partial charge < -0.3 is 14.1 Å². The zero-order valence-corrected chi connectivity index (χ0v) is 13.7. The first kappa shape index (κ1) is 15.6. The number of aryl methyl sites for hydroxylation is 1. The van der Waals surface area contributed by atoms with E-state index in [1.165, 1.54) is 0 Å². The monoisotopic (exact) mass is 351 g/mol. The summed E-state index contributed by atoms with van der Waals surface area (Å²) < 4.78 is 12.0. The zero-order chi connectivity index (χ0) is 15.2. The second-order valence-electron chi connectivity index (χ2n) is 4.82. The van der Waals surface area contributed by atoms with Crippen LogP contribution in [0.4, 0.5) is 0 Å². The van der Waals surface area contributed by atoms with Gasteiger partial charge in [-0.05, 0) is 37.3 Å². The van der Waals surface area contributed by atoms with Crippen LogP contribution in [-0.2, 0) is 11.3 Å². The van der Waals surface area contributed by atoms with Gasteiger partial charge in [-0.15, -0.1) is 0 Å². The fourth-order valence-electron chi connectivity index (χ4n) is 1.90. The van der Waals surface area contributed by atoms with Gasteiger partial charge in [0, 0.05) is 11.5 Å². The molecule has 21 heavy (non-hydrogen) atoms. The number of ether oxygens (including phenoxy) is 1. The molecule has 0 aliphatic heterocycles. The summed E-state index contributed by atoms with van der Waals surface area (Å²) in [6.07, 6.45) is 0.336. The Labute approximate surface area is 132 Å². The maximum Gasteiger partial charge on any atom is 0.226 e. The summed E-state index contributed by atoms with van der Waals surface area (Å²) in [5.74, 6) is 2.42. The fourth-order valence-corrected chi connectivity index (χ4v) is 2.27. The molecular formula is C16H18BrNO3. The van der Waals surface area contributed by atoms with Crippen molar-refractivity contribution in [3.8, 4) is 5.75 Å². The van der Waals surface area contributed by atoms with E-state index < -0.39 is 0 Å². The second kappa shape index (κ2) is 7.31. The molecule has 1 aromatic heterocycles. The van der Waals surface area contributed by atoms with E-state index in [-0.39, 0.29) is 5.91 Å². The Kier molecular flexibility index (Phi) is 5.44. The lowest BCUT2D eigenvalue weighted by Crippen LogP contribution is -2.27. The first-order valence-corrected chi connectivity index (χ1v) is 7.51. The quantitative estimate of drug-likeness (QED) is 0.795. The summed E-state index contributed by atoms with van der Waals surface area (Å²) >= 11 is 3.38. The van der Waals surface area contributed by atoms with Gasteiger partial charge in [-0.2, -0.15) is 0 Å². The van der Waals surface area contributed by atoms with Crippen molar-refractivity contribution in [2.24, 2.45) is 0 Å². The summed E-state index contributed by atoms with van der Waals surface area (Å²) in [5, 5.41) is 0. The molecule has 0 radical (unpaired) electrons. The van der Waals surface area contributed by atoms with Crippen LogP contribution in [0.25, 0.3) is 0 Å². The molecule has 5 heteroatoms. The third-order valence-corrected chi connectivity index (χ3v) is 3.49. The lowest BCUT2D eigenvalue weighted by atomic mass is 10.3. The van der Waals surface area contributed by atoms with E-state index in [1.54, 1.807) is 11.9 Å². The number of benzene rings is 1. The standard InChI is InChI=1S/C16H18BrNO3/c1-12-6-7-15(21-12)11-18(2)16(19)8-9-20-14-5-3-4-13(17)10-14/h3-7,10H,8-9,11H2,1-2H3. The summed E-state index contributed by atoms with van der Waals surface area (Å²) in [6.45, 7) is 2.72. The fraction of sp³-hybridized carbons (Fsp3) is 0.312. The Morgan fingerprint density at radius 1 is 1.33 bits per heavy atom. The molecule has 0 unspecified atom stereocenters. The molecule has 1 amide bonds. The maximum absolute atomic E-state index is 12.0. The van der Waals surface area contributed by atoms with Crippen LogP contribution >= 0.6 is 15.9 Å². The summed E-state index contributed by atoms with van der Waals surface area (Å²) in [4.78, 5) is 13.6. The van der Waals surface area contributed by atoms with Crippen molar-refractivity contribution in [2.75, 3.05) is 13.7 Å². The molecule has 1 heterocycles. The van der Waals surface area contributed by atoms with Crippen LogP contribution < -0.4 is 4.74 Å². The van der Waals surface area contributed by atoms with Crippen molar-refractivity contribution in [1.82, 2.24) is 4.90 Å². The minimum atomic E-state index is 0.0269. The van der Waals surface area contributed by atoms with E-state index in [0.29, 0.717) is 19.6 Å². The van der Waals surface area contributed by atoms with Crippen molar-refractivity contribution >= 4 is 21.8 Å². The predicted octanol–water partition coefficient (Wildman–Crippen LogP) is 3.78. The van der Waals surface area contributed by atoms with Crippen LogP contribution in [0.2, 0.25) is 0 Å². The van der Waals surface area contributed by atoms with Crippen molar-refractivity contribution < 1.29 is 13.9 Å². The van der Waals surface area contributed by atoms with Crippen molar-refractivity contribution in [3.63, 3.8) is 0 Å². The van der Waals surface area contributed by atoms with Crippen LogP contribution in [0.5, 0.6) is 5.75 Å². The Balaban J connectivity index is 1.76. The SMILES string of the molecule is Cc1ccc(CN(C)C(=O)CCOc2cccc(Br)c2)o1. The van der Waals surface area contributed by atoms with Gasteiger partial charge in [0.1, 0.15) is 17.3 Å². The Hall–Kier alpha value is -1.75. The molecule has 0 saturated heterocycles. The van der Waals surface area contributed by atoms with Crippen molar-refractivity contribution in [1.29, 1.82) is 0 Å². The van der Waals surface area contributed by atoms with Gasteiger partial charge in [0.25, 0.3) is 0 Å². The van der Waals surface area contributed by atoms with E-state index in [1.807, 2.05) is 43.3 Å². The molecule has 0 fully saturated rings. The van der Waals surface area contributed by atoms with Crippen LogP contribution in [0.1, 0.15) is 17.9 Å². The minimum Gasteiger partial charge on any atom is -0.493 e. The zero-order valence-electron chi connectivity index (χ0n) is 12.1. The summed E-state index contributed by atoms with van der Waals surface area (Å²) in [6, 6.07) is 11.3. The van der Waals surface area contributed by atoms with E-state index in [0.717, 1.165) is 21.7 Å². The normalized spacial score (nSPS) is 10.4. The highest BCUT2D eigenvalue weighted by Crippen LogP contribution is 2.18. The van der Waals surface area contributed by atoms with Gasteiger partial charge in [0.2, 0.25) is 5.91 Å². The Bertz CT molecular complexity index is 609. The number of halogens is 1. The van der Waals surface area contributed by atoms with E-state index in [4.69, 9.17) is 9.15 Å². The highest BCUT2D eigenvalue weighted by molar-refractivity contribution is 9.10. The third kappa shape index (κ3) is 4.93. The first-order chi connectivity index (χ1) is 10.0. The number of hydrogen-bond acceptors (Lipinski definition) is 3. The molecule has 0 saturated carbocycles. The molecule has 0 aliphatic carbocycles. The van der Waals surface area contributed by atoms with E-state index in [9.17, 15) is 4.79 Å².